The fraction of sp³-hybridized carbons (Fsp3) is 0.750. The van der Waals surface area contributed by atoms with Crippen LogP contribution >= 0.6 is 0 Å². The zero-order chi connectivity index (χ0) is 11.9. The van der Waals surface area contributed by atoms with Crippen LogP contribution in [0.4, 0.5) is 8.78 Å². The Bertz CT molecular complexity index is 388. The van der Waals surface area contributed by atoms with Gasteiger partial charge in [0.15, 0.2) is 0 Å². The number of hydrogen-bond acceptors (Lipinski definition) is 1. The monoisotopic (exact) mass is 228 g/mol. The van der Waals surface area contributed by atoms with Gasteiger partial charge in [-0.05, 0) is 12.8 Å². The van der Waals surface area contributed by atoms with Gasteiger partial charge in [-0.1, -0.05) is 20.8 Å². The summed E-state index contributed by atoms with van der Waals surface area (Å²) in [6.45, 7) is 6.75. The van der Waals surface area contributed by atoms with E-state index in [1.54, 1.807) is 0 Å². The Morgan fingerprint density at radius 1 is 1.25 bits per heavy atom. The van der Waals surface area contributed by atoms with Crippen molar-refractivity contribution < 1.29 is 8.78 Å². The van der Waals surface area contributed by atoms with E-state index in [1.807, 2.05) is 25.3 Å². The largest absolute Gasteiger partial charge is 0.331 e. The number of alkyl halides is 2. The van der Waals surface area contributed by atoms with Crippen molar-refractivity contribution in [1.29, 1.82) is 0 Å². The van der Waals surface area contributed by atoms with Gasteiger partial charge in [-0.3, -0.25) is 0 Å². The van der Waals surface area contributed by atoms with Crippen LogP contribution in [0, 0.1) is 0 Å². The summed E-state index contributed by atoms with van der Waals surface area (Å²) in [6, 6.07) is 0. The van der Waals surface area contributed by atoms with Crippen molar-refractivity contribution in [2.45, 2.75) is 58.4 Å². The van der Waals surface area contributed by atoms with Crippen molar-refractivity contribution in [3.8, 4) is 0 Å². The maximum atomic E-state index is 13.0. The van der Waals surface area contributed by atoms with Crippen LogP contribution in [-0.2, 0) is 18.4 Å². The molecular formula is C12H18F2N2. The lowest BCUT2D eigenvalue weighted by Gasteiger charge is -2.25. The van der Waals surface area contributed by atoms with E-state index in [0.717, 1.165) is 37.3 Å². The highest BCUT2D eigenvalue weighted by Gasteiger charge is 2.31. The second-order valence-electron chi connectivity index (χ2n) is 5.42. The number of aryl methyl sites for hydroxylation is 1. The van der Waals surface area contributed by atoms with Gasteiger partial charge in [0, 0.05) is 18.4 Å². The first-order valence-corrected chi connectivity index (χ1v) is 5.79. The van der Waals surface area contributed by atoms with Crippen LogP contribution in [0.2, 0.25) is 0 Å². The zero-order valence-electron chi connectivity index (χ0n) is 10.1. The topological polar surface area (TPSA) is 17.8 Å². The minimum atomic E-state index is -2.47. The Labute approximate surface area is 94.7 Å². The van der Waals surface area contributed by atoms with Gasteiger partial charge in [-0.25, -0.2) is 13.8 Å². The first-order chi connectivity index (χ1) is 7.41. The summed E-state index contributed by atoms with van der Waals surface area (Å²) in [5.74, 6) is 0.839. The Hall–Kier alpha value is -0.930. The van der Waals surface area contributed by atoms with Crippen LogP contribution in [-0.4, -0.2) is 9.55 Å². The van der Waals surface area contributed by atoms with Crippen LogP contribution in [0.1, 0.15) is 57.3 Å². The van der Waals surface area contributed by atoms with Crippen molar-refractivity contribution in [3.63, 3.8) is 0 Å². The lowest BCUT2D eigenvalue weighted by Crippen LogP contribution is -2.22. The Balaban J connectivity index is 2.58. The average molecular weight is 228 g/mol. The molecule has 90 valence electrons. The van der Waals surface area contributed by atoms with Crippen LogP contribution in [0.25, 0.3) is 0 Å². The van der Waals surface area contributed by atoms with E-state index in [9.17, 15) is 8.78 Å². The number of aromatic nitrogens is 2. The quantitative estimate of drug-likeness (QED) is 0.719. The number of nitrogens with zero attached hydrogens (tertiary/aromatic N) is 2. The third-order valence-electron chi connectivity index (χ3n) is 3.02. The molecule has 16 heavy (non-hydrogen) atoms. The van der Waals surface area contributed by atoms with E-state index in [2.05, 4.69) is 4.98 Å². The SMILES string of the molecule is CC(C)(C)c1c(C(F)F)nc2n1CCCC2. The van der Waals surface area contributed by atoms with E-state index in [4.69, 9.17) is 0 Å². The van der Waals surface area contributed by atoms with Crippen LogP contribution in [0.15, 0.2) is 0 Å². The first-order valence-electron chi connectivity index (χ1n) is 5.79. The van der Waals surface area contributed by atoms with E-state index in [0.29, 0.717) is 0 Å². The van der Waals surface area contributed by atoms with Gasteiger partial charge < -0.3 is 4.57 Å². The third-order valence-corrected chi connectivity index (χ3v) is 3.02. The summed E-state index contributed by atoms with van der Waals surface area (Å²) in [6.07, 6.45) is 0.487. The second kappa shape index (κ2) is 3.82. The molecule has 0 atom stereocenters. The third kappa shape index (κ3) is 1.85. The highest BCUT2D eigenvalue weighted by molar-refractivity contribution is 5.26. The number of rotatable bonds is 1. The molecule has 1 aromatic rings. The summed E-state index contributed by atoms with van der Waals surface area (Å²) >= 11 is 0. The van der Waals surface area contributed by atoms with Crippen molar-refractivity contribution in [2.75, 3.05) is 0 Å². The molecule has 0 unspecified atom stereocenters. The smallest absolute Gasteiger partial charge is 0.282 e. The molecule has 0 saturated heterocycles. The molecule has 0 saturated carbocycles. The van der Waals surface area contributed by atoms with Gasteiger partial charge in [0.1, 0.15) is 11.5 Å². The Kier molecular flexibility index (Phi) is 2.76. The Morgan fingerprint density at radius 2 is 1.94 bits per heavy atom. The molecule has 0 N–H and O–H groups in total. The molecule has 2 rings (SSSR count). The van der Waals surface area contributed by atoms with Gasteiger partial charge in [0.2, 0.25) is 0 Å². The van der Waals surface area contributed by atoms with E-state index in [-0.39, 0.29) is 11.1 Å². The summed E-state index contributed by atoms with van der Waals surface area (Å²) in [5.41, 5.74) is 0.440. The highest BCUT2D eigenvalue weighted by Crippen LogP contribution is 2.34. The highest BCUT2D eigenvalue weighted by atomic mass is 19.3. The minimum Gasteiger partial charge on any atom is -0.331 e. The molecular weight excluding hydrogens is 210 g/mol. The predicted molar refractivity (Wildman–Crippen MR) is 58.8 cm³/mol. The van der Waals surface area contributed by atoms with E-state index >= 15 is 0 Å². The van der Waals surface area contributed by atoms with Gasteiger partial charge in [-0.15, -0.1) is 0 Å². The number of halogens is 2. The molecule has 1 aromatic heterocycles. The normalized spacial score (nSPS) is 16.6. The van der Waals surface area contributed by atoms with E-state index in [1.165, 1.54) is 0 Å². The van der Waals surface area contributed by atoms with Crippen molar-refractivity contribution in [2.24, 2.45) is 0 Å². The van der Waals surface area contributed by atoms with E-state index < -0.39 is 6.43 Å². The zero-order valence-corrected chi connectivity index (χ0v) is 10.1. The molecule has 0 amide bonds. The molecule has 0 bridgehead atoms. The fourth-order valence-electron chi connectivity index (χ4n) is 2.45. The van der Waals surface area contributed by atoms with Crippen molar-refractivity contribution >= 4 is 0 Å². The maximum Gasteiger partial charge on any atom is 0.282 e. The summed E-state index contributed by atoms with van der Waals surface area (Å²) in [5, 5.41) is 0. The maximum absolute atomic E-state index is 13.0. The number of hydrogen-bond donors (Lipinski definition) is 0. The summed E-state index contributed by atoms with van der Waals surface area (Å²) in [7, 11) is 0. The van der Waals surface area contributed by atoms with Crippen molar-refractivity contribution in [3.05, 3.63) is 17.2 Å². The average Bonchev–Trinajstić information content (AvgIpc) is 2.55. The molecule has 2 nitrogen and oxygen atoms in total. The summed E-state index contributed by atoms with van der Waals surface area (Å²) in [4.78, 5) is 4.13. The van der Waals surface area contributed by atoms with Crippen molar-refractivity contribution in [1.82, 2.24) is 9.55 Å². The molecule has 0 aliphatic carbocycles. The Morgan fingerprint density at radius 3 is 2.50 bits per heavy atom. The van der Waals surface area contributed by atoms with Gasteiger partial charge in [0.05, 0.1) is 5.69 Å². The molecule has 1 aliphatic heterocycles. The van der Waals surface area contributed by atoms with Crippen LogP contribution in [0.3, 0.4) is 0 Å². The standard InChI is InChI=1S/C12H18F2N2/c1-12(2,3)10-9(11(13)14)15-8-6-4-5-7-16(8)10/h11H,4-7H2,1-3H3. The summed E-state index contributed by atoms with van der Waals surface area (Å²) < 4.78 is 27.9. The second-order valence-corrected chi connectivity index (χ2v) is 5.42. The number of fused-ring (bicyclic) bond motifs is 1. The van der Waals surface area contributed by atoms with Crippen LogP contribution < -0.4 is 0 Å². The van der Waals surface area contributed by atoms with Gasteiger partial charge in [-0.2, -0.15) is 0 Å². The molecule has 0 aromatic carbocycles. The molecule has 0 radical (unpaired) electrons. The lowest BCUT2D eigenvalue weighted by molar-refractivity contribution is 0.143. The lowest BCUT2D eigenvalue weighted by atomic mass is 9.90. The molecule has 4 heteroatoms. The van der Waals surface area contributed by atoms with Gasteiger partial charge >= 0.3 is 0 Å². The first kappa shape index (κ1) is 11.6. The number of imidazole rings is 1. The molecule has 0 fully saturated rings. The molecule has 2 heterocycles. The van der Waals surface area contributed by atoms with Crippen LogP contribution in [0.5, 0.6) is 0 Å². The molecule has 0 spiro atoms. The fourth-order valence-corrected chi connectivity index (χ4v) is 2.45. The predicted octanol–water partition coefficient (Wildman–Crippen LogP) is 3.45. The molecule has 1 aliphatic rings. The van der Waals surface area contributed by atoms with Gasteiger partial charge in [0.25, 0.3) is 6.43 Å². The minimum absolute atomic E-state index is 0.00981.